The molecule has 0 amide bonds. The number of nitrogens with zero attached hydrogens (tertiary/aromatic N) is 2. The molecule has 1 atom stereocenters. The van der Waals surface area contributed by atoms with Crippen LogP contribution in [0.4, 0.5) is 0 Å². The van der Waals surface area contributed by atoms with Gasteiger partial charge in [-0.05, 0) is 19.0 Å². The van der Waals surface area contributed by atoms with Gasteiger partial charge in [0.25, 0.3) is 0 Å². The van der Waals surface area contributed by atoms with Crippen LogP contribution >= 0.6 is 0 Å². The molecule has 16 heavy (non-hydrogen) atoms. The van der Waals surface area contributed by atoms with Crippen LogP contribution in [0.2, 0.25) is 0 Å². The van der Waals surface area contributed by atoms with Gasteiger partial charge in [0.2, 0.25) is 0 Å². The predicted molar refractivity (Wildman–Crippen MR) is 63.9 cm³/mol. The third kappa shape index (κ3) is 3.06. The van der Waals surface area contributed by atoms with E-state index in [9.17, 15) is 5.26 Å². The number of aliphatic hydroxyl groups is 1. The van der Waals surface area contributed by atoms with Gasteiger partial charge in [0.15, 0.2) is 0 Å². The summed E-state index contributed by atoms with van der Waals surface area (Å²) in [5.41, 5.74) is 2.18. The molecule has 0 aliphatic rings. The van der Waals surface area contributed by atoms with Crippen LogP contribution in [0.15, 0.2) is 24.3 Å². The predicted octanol–water partition coefficient (Wildman–Crippen LogP) is 1.87. The highest BCUT2D eigenvalue weighted by molar-refractivity contribution is 5.27. The molecule has 1 rings (SSSR count). The number of rotatable bonds is 5. The average Bonchev–Trinajstić information content (AvgIpc) is 2.31. The molecule has 3 nitrogen and oxygen atoms in total. The zero-order valence-corrected chi connectivity index (χ0v) is 9.85. The summed E-state index contributed by atoms with van der Waals surface area (Å²) in [6, 6.07) is 9.99. The molecule has 0 spiro atoms. The third-order valence-electron chi connectivity index (χ3n) is 2.67. The summed E-state index contributed by atoms with van der Waals surface area (Å²) >= 11 is 0. The van der Waals surface area contributed by atoms with Crippen LogP contribution in [-0.2, 0) is 0 Å². The van der Waals surface area contributed by atoms with E-state index in [0.717, 1.165) is 12.1 Å². The molecule has 0 saturated heterocycles. The lowest BCUT2D eigenvalue weighted by Crippen LogP contribution is -2.30. The number of aliphatic hydroxyl groups excluding tert-OH is 1. The van der Waals surface area contributed by atoms with Gasteiger partial charge in [0.05, 0.1) is 12.7 Å². The number of hydrogen-bond donors (Lipinski definition) is 1. The highest BCUT2D eigenvalue weighted by Gasteiger charge is 2.17. The second kappa shape index (κ2) is 6.26. The molecule has 1 unspecified atom stereocenters. The van der Waals surface area contributed by atoms with E-state index in [1.54, 1.807) is 0 Å². The SMILES string of the molecule is CCN(CCO)C(C#N)c1ccc(C)cc1. The monoisotopic (exact) mass is 218 g/mol. The number of hydrogen-bond acceptors (Lipinski definition) is 3. The number of nitriles is 1. The van der Waals surface area contributed by atoms with E-state index in [4.69, 9.17) is 5.11 Å². The Morgan fingerprint density at radius 3 is 2.44 bits per heavy atom. The minimum Gasteiger partial charge on any atom is -0.395 e. The Bertz CT molecular complexity index is 353. The maximum Gasteiger partial charge on any atom is 0.123 e. The molecular formula is C13H18N2O. The first-order valence-electron chi connectivity index (χ1n) is 5.54. The van der Waals surface area contributed by atoms with E-state index in [1.807, 2.05) is 43.0 Å². The molecule has 0 aliphatic heterocycles. The van der Waals surface area contributed by atoms with Gasteiger partial charge < -0.3 is 5.11 Å². The molecule has 86 valence electrons. The normalized spacial score (nSPS) is 12.4. The van der Waals surface area contributed by atoms with Gasteiger partial charge in [-0.1, -0.05) is 36.8 Å². The minimum atomic E-state index is -0.266. The van der Waals surface area contributed by atoms with Crippen molar-refractivity contribution in [1.82, 2.24) is 4.90 Å². The maximum absolute atomic E-state index is 9.20. The summed E-state index contributed by atoms with van der Waals surface area (Å²) in [5.74, 6) is 0. The standard InChI is InChI=1S/C13H18N2O/c1-3-15(8-9-16)13(10-14)12-6-4-11(2)5-7-12/h4-7,13,16H,3,8-9H2,1-2H3. The molecule has 0 bridgehead atoms. The number of aryl methyl sites for hydroxylation is 1. The van der Waals surface area contributed by atoms with Crippen molar-refractivity contribution in [1.29, 1.82) is 5.26 Å². The summed E-state index contributed by atoms with van der Waals surface area (Å²) in [5, 5.41) is 18.2. The zero-order chi connectivity index (χ0) is 12.0. The number of likely N-dealkylation sites (N-methyl/N-ethyl adjacent to an activating group) is 1. The molecule has 0 aromatic heterocycles. The molecule has 0 aliphatic carbocycles. The van der Waals surface area contributed by atoms with Gasteiger partial charge in [-0.2, -0.15) is 5.26 Å². The van der Waals surface area contributed by atoms with E-state index in [-0.39, 0.29) is 12.6 Å². The van der Waals surface area contributed by atoms with Gasteiger partial charge in [-0.25, -0.2) is 0 Å². The fourth-order valence-electron chi connectivity index (χ4n) is 1.71. The average molecular weight is 218 g/mol. The Labute approximate surface area is 96.9 Å². The van der Waals surface area contributed by atoms with Gasteiger partial charge in [0, 0.05) is 6.54 Å². The fourth-order valence-corrected chi connectivity index (χ4v) is 1.71. The summed E-state index contributed by atoms with van der Waals surface area (Å²) < 4.78 is 0. The van der Waals surface area contributed by atoms with Crippen LogP contribution in [-0.4, -0.2) is 29.7 Å². The van der Waals surface area contributed by atoms with Gasteiger partial charge in [-0.3, -0.25) is 4.90 Å². The Morgan fingerprint density at radius 2 is 2.00 bits per heavy atom. The fraction of sp³-hybridized carbons (Fsp3) is 0.462. The molecule has 1 aromatic carbocycles. The van der Waals surface area contributed by atoms with E-state index < -0.39 is 0 Å². The van der Waals surface area contributed by atoms with Crippen LogP contribution in [0.1, 0.15) is 24.1 Å². The van der Waals surface area contributed by atoms with Crippen LogP contribution in [0.3, 0.4) is 0 Å². The Balaban J connectivity index is 2.89. The van der Waals surface area contributed by atoms with Crippen LogP contribution < -0.4 is 0 Å². The van der Waals surface area contributed by atoms with Gasteiger partial charge in [-0.15, -0.1) is 0 Å². The van der Waals surface area contributed by atoms with E-state index in [0.29, 0.717) is 6.54 Å². The number of benzene rings is 1. The van der Waals surface area contributed by atoms with Crippen molar-refractivity contribution in [3.8, 4) is 6.07 Å². The van der Waals surface area contributed by atoms with Crippen molar-refractivity contribution < 1.29 is 5.11 Å². The molecule has 1 aromatic rings. The van der Waals surface area contributed by atoms with Crippen LogP contribution in [0.25, 0.3) is 0 Å². The highest BCUT2D eigenvalue weighted by atomic mass is 16.3. The van der Waals surface area contributed by atoms with Crippen molar-refractivity contribution in [2.45, 2.75) is 19.9 Å². The Morgan fingerprint density at radius 1 is 1.38 bits per heavy atom. The molecule has 0 heterocycles. The largest absolute Gasteiger partial charge is 0.395 e. The van der Waals surface area contributed by atoms with Crippen LogP contribution in [0.5, 0.6) is 0 Å². The summed E-state index contributed by atoms with van der Waals surface area (Å²) in [4.78, 5) is 1.96. The zero-order valence-electron chi connectivity index (χ0n) is 9.85. The summed E-state index contributed by atoms with van der Waals surface area (Å²) in [7, 11) is 0. The second-order valence-corrected chi connectivity index (χ2v) is 3.79. The first-order chi connectivity index (χ1) is 7.72. The van der Waals surface area contributed by atoms with Gasteiger partial charge in [0.1, 0.15) is 6.04 Å². The second-order valence-electron chi connectivity index (χ2n) is 3.79. The highest BCUT2D eigenvalue weighted by Crippen LogP contribution is 2.19. The van der Waals surface area contributed by atoms with E-state index in [2.05, 4.69) is 6.07 Å². The molecule has 0 radical (unpaired) electrons. The lowest BCUT2D eigenvalue weighted by atomic mass is 10.0. The topological polar surface area (TPSA) is 47.3 Å². The molecule has 0 saturated carbocycles. The molecule has 3 heteroatoms. The van der Waals surface area contributed by atoms with Gasteiger partial charge >= 0.3 is 0 Å². The summed E-state index contributed by atoms with van der Waals surface area (Å²) in [6.45, 7) is 5.39. The van der Waals surface area contributed by atoms with Crippen molar-refractivity contribution >= 4 is 0 Å². The van der Waals surface area contributed by atoms with Crippen molar-refractivity contribution in [3.63, 3.8) is 0 Å². The smallest absolute Gasteiger partial charge is 0.123 e. The Kier molecular flexibility index (Phi) is 4.97. The Hall–Kier alpha value is -1.37. The first-order valence-corrected chi connectivity index (χ1v) is 5.54. The molecule has 1 N–H and O–H groups in total. The van der Waals surface area contributed by atoms with Crippen LogP contribution in [0, 0.1) is 18.3 Å². The maximum atomic E-state index is 9.20. The lowest BCUT2D eigenvalue weighted by Gasteiger charge is -2.25. The third-order valence-corrected chi connectivity index (χ3v) is 2.67. The lowest BCUT2D eigenvalue weighted by molar-refractivity contribution is 0.180. The molecule has 0 fully saturated rings. The van der Waals surface area contributed by atoms with Crippen molar-refractivity contribution in [3.05, 3.63) is 35.4 Å². The van der Waals surface area contributed by atoms with E-state index in [1.165, 1.54) is 5.56 Å². The minimum absolute atomic E-state index is 0.0812. The summed E-state index contributed by atoms with van der Waals surface area (Å²) in [6.07, 6.45) is 0. The first kappa shape index (κ1) is 12.7. The van der Waals surface area contributed by atoms with Crippen molar-refractivity contribution in [2.75, 3.05) is 19.7 Å². The van der Waals surface area contributed by atoms with Crippen molar-refractivity contribution in [2.24, 2.45) is 0 Å². The quantitative estimate of drug-likeness (QED) is 0.820. The molecular weight excluding hydrogens is 200 g/mol. The van der Waals surface area contributed by atoms with E-state index >= 15 is 0 Å².